The number of anilines is 1. The van der Waals surface area contributed by atoms with E-state index < -0.39 is 0 Å². The maximum atomic E-state index is 13.3. The molecule has 3 rings (SSSR count). The van der Waals surface area contributed by atoms with Crippen LogP contribution >= 0.6 is 11.6 Å². The van der Waals surface area contributed by atoms with Gasteiger partial charge in [-0.1, -0.05) is 24.1 Å². The zero-order chi connectivity index (χ0) is 17.2. The third kappa shape index (κ3) is 3.19. The van der Waals surface area contributed by atoms with Crippen molar-refractivity contribution >= 4 is 23.3 Å². The Hall–Kier alpha value is -2.21. The summed E-state index contributed by atoms with van der Waals surface area (Å²) in [6.45, 7) is 0.631. The Labute approximate surface area is 144 Å². The number of carbonyl (C=O) groups excluding carboxylic acids is 1. The Morgan fingerprint density at radius 2 is 2.08 bits per heavy atom. The van der Waals surface area contributed by atoms with Gasteiger partial charge in [0.2, 0.25) is 0 Å². The Morgan fingerprint density at radius 1 is 1.29 bits per heavy atom. The fourth-order valence-electron chi connectivity index (χ4n) is 3.00. The number of hydrogen-bond acceptors (Lipinski definition) is 4. The first-order valence-corrected chi connectivity index (χ1v) is 8.17. The highest BCUT2D eigenvalue weighted by atomic mass is 35.5. The fraction of sp³-hybridized carbons (Fsp3) is 0.353. The summed E-state index contributed by atoms with van der Waals surface area (Å²) in [5, 5.41) is 14.1. The van der Waals surface area contributed by atoms with Crippen LogP contribution in [-0.2, 0) is 5.41 Å². The van der Waals surface area contributed by atoms with E-state index >= 15 is 0 Å². The predicted octanol–water partition coefficient (Wildman–Crippen LogP) is 3.16. The molecule has 0 radical (unpaired) electrons. The number of hydrogen-bond donors (Lipinski definition) is 2. The number of nitrogens with one attached hydrogen (secondary N) is 2. The summed E-state index contributed by atoms with van der Waals surface area (Å²) in [6, 6.07) is 7.90. The van der Waals surface area contributed by atoms with Gasteiger partial charge in [0.25, 0.3) is 5.91 Å². The van der Waals surface area contributed by atoms with Crippen LogP contribution in [0, 0.1) is 5.82 Å². The highest BCUT2D eigenvalue weighted by Gasteiger charge is 2.40. The summed E-state index contributed by atoms with van der Waals surface area (Å²) in [5.41, 5.74) is 1.11. The molecule has 1 fully saturated rings. The minimum Gasteiger partial charge on any atom is -0.368 e. The van der Waals surface area contributed by atoms with E-state index in [0.29, 0.717) is 17.4 Å². The first kappa shape index (κ1) is 16.6. The largest absolute Gasteiger partial charge is 0.368 e. The summed E-state index contributed by atoms with van der Waals surface area (Å²) in [7, 11) is 1.54. The molecule has 2 aromatic rings. The van der Waals surface area contributed by atoms with Crippen LogP contribution in [0.5, 0.6) is 0 Å². The van der Waals surface area contributed by atoms with Gasteiger partial charge in [-0.3, -0.25) is 4.79 Å². The van der Waals surface area contributed by atoms with E-state index in [1.165, 1.54) is 12.1 Å². The molecule has 1 amide bonds. The lowest BCUT2D eigenvalue weighted by atomic mass is 9.64. The van der Waals surface area contributed by atoms with Crippen LogP contribution in [0.2, 0.25) is 5.02 Å². The molecule has 1 heterocycles. The van der Waals surface area contributed by atoms with Gasteiger partial charge in [-0.25, -0.2) is 4.39 Å². The summed E-state index contributed by atoms with van der Waals surface area (Å²) >= 11 is 6.24. The smallest absolute Gasteiger partial charge is 0.271 e. The summed E-state index contributed by atoms with van der Waals surface area (Å²) in [4.78, 5) is 11.5. The van der Waals surface area contributed by atoms with Gasteiger partial charge in [-0.05, 0) is 42.7 Å². The molecule has 5 nitrogen and oxygen atoms in total. The Morgan fingerprint density at radius 3 is 2.62 bits per heavy atom. The van der Waals surface area contributed by atoms with Gasteiger partial charge < -0.3 is 10.6 Å². The normalized spacial score (nSPS) is 15.5. The lowest BCUT2D eigenvalue weighted by Crippen LogP contribution is -2.41. The van der Waals surface area contributed by atoms with Crippen LogP contribution in [0.4, 0.5) is 10.2 Å². The van der Waals surface area contributed by atoms with E-state index in [1.54, 1.807) is 25.2 Å². The minimum atomic E-state index is -0.332. The monoisotopic (exact) mass is 348 g/mol. The third-order valence-corrected chi connectivity index (χ3v) is 4.86. The van der Waals surface area contributed by atoms with E-state index in [2.05, 4.69) is 20.8 Å². The van der Waals surface area contributed by atoms with E-state index in [4.69, 9.17) is 11.6 Å². The predicted molar refractivity (Wildman–Crippen MR) is 90.9 cm³/mol. The first-order chi connectivity index (χ1) is 11.5. The molecule has 1 aliphatic carbocycles. The Kier molecular flexibility index (Phi) is 4.66. The van der Waals surface area contributed by atoms with Crippen molar-refractivity contribution in [2.24, 2.45) is 0 Å². The second kappa shape index (κ2) is 6.73. The molecule has 0 unspecified atom stereocenters. The highest BCUT2D eigenvalue weighted by Crippen LogP contribution is 2.46. The third-order valence-electron chi connectivity index (χ3n) is 4.55. The molecule has 7 heteroatoms. The number of amides is 1. The lowest BCUT2D eigenvalue weighted by molar-refractivity contribution is 0.0957. The molecular formula is C17H18ClFN4O. The number of carbonyl (C=O) groups is 1. The molecule has 126 valence electrons. The number of aromatic nitrogens is 2. The lowest BCUT2D eigenvalue weighted by Gasteiger charge is -2.43. The van der Waals surface area contributed by atoms with Crippen LogP contribution in [0.3, 0.4) is 0 Å². The van der Waals surface area contributed by atoms with Crippen molar-refractivity contribution in [2.45, 2.75) is 24.7 Å². The van der Waals surface area contributed by atoms with Gasteiger partial charge in [0.05, 0.1) is 0 Å². The van der Waals surface area contributed by atoms with E-state index in [-0.39, 0.29) is 22.8 Å². The molecule has 1 aliphatic rings. The number of rotatable bonds is 5. The van der Waals surface area contributed by atoms with Crippen LogP contribution in [0.25, 0.3) is 0 Å². The molecule has 2 N–H and O–H groups in total. The Bertz CT molecular complexity index is 747. The van der Waals surface area contributed by atoms with Crippen LogP contribution < -0.4 is 10.6 Å². The number of benzene rings is 1. The van der Waals surface area contributed by atoms with Crippen molar-refractivity contribution in [3.63, 3.8) is 0 Å². The van der Waals surface area contributed by atoms with Crippen LogP contribution in [0.1, 0.15) is 35.3 Å². The number of nitrogens with zero attached hydrogens (tertiary/aromatic N) is 2. The van der Waals surface area contributed by atoms with Gasteiger partial charge in [0.15, 0.2) is 5.69 Å². The van der Waals surface area contributed by atoms with Crippen molar-refractivity contribution in [1.29, 1.82) is 0 Å². The SMILES string of the molecule is CNC(=O)c1ccc(NCC2(c3ccc(F)cc3Cl)CCC2)nn1. The van der Waals surface area contributed by atoms with Crippen molar-refractivity contribution in [3.05, 3.63) is 52.4 Å². The molecule has 0 saturated heterocycles. The first-order valence-electron chi connectivity index (χ1n) is 7.79. The average Bonchev–Trinajstić information content (AvgIpc) is 2.55. The van der Waals surface area contributed by atoms with Crippen molar-refractivity contribution in [2.75, 3.05) is 18.9 Å². The molecule has 0 atom stereocenters. The molecule has 1 saturated carbocycles. The van der Waals surface area contributed by atoms with Crippen molar-refractivity contribution in [3.8, 4) is 0 Å². The van der Waals surface area contributed by atoms with Gasteiger partial charge >= 0.3 is 0 Å². The topological polar surface area (TPSA) is 66.9 Å². The van der Waals surface area contributed by atoms with Crippen molar-refractivity contribution < 1.29 is 9.18 Å². The zero-order valence-corrected chi connectivity index (χ0v) is 14.0. The second-order valence-electron chi connectivity index (χ2n) is 5.99. The van der Waals surface area contributed by atoms with Crippen LogP contribution in [-0.4, -0.2) is 29.7 Å². The molecule has 1 aromatic heterocycles. The molecule has 0 bridgehead atoms. The molecule has 0 aliphatic heterocycles. The summed E-state index contributed by atoms with van der Waals surface area (Å²) in [6.07, 6.45) is 3.07. The maximum Gasteiger partial charge on any atom is 0.271 e. The minimum absolute atomic E-state index is 0.119. The molecule has 24 heavy (non-hydrogen) atoms. The summed E-state index contributed by atoms with van der Waals surface area (Å²) < 4.78 is 13.3. The van der Waals surface area contributed by atoms with Crippen molar-refractivity contribution in [1.82, 2.24) is 15.5 Å². The number of halogens is 2. The average molecular weight is 349 g/mol. The van der Waals surface area contributed by atoms with E-state index in [0.717, 1.165) is 24.8 Å². The highest BCUT2D eigenvalue weighted by molar-refractivity contribution is 6.31. The molecule has 1 aromatic carbocycles. The zero-order valence-electron chi connectivity index (χ0n) is 13.3. The van der Waals surface area contributed by atoms with Gasteiger partial charge in [0.1, 0.15) is 11.6 Å². The Balaban J connectivity index is 1.73. The quantitative estimate of drug-likeness (QED) is 0.871. The maximum absolute atomic E-state index is 13.3. The molecule has 0 spiro atoms. The van der Waals surface area contributed by atoms with E-state index in [1.807, 2.05) is 0 Å². The summed E-state index contributed by atoms with van der Waals surface area (Å²) in [5.74, 6) is -0.0170. The van der Waals surface area contributed by atoms with Crippen LogP contribution in [0.15, 0.2) is 30.3 Å². The fourth-order valence-corrected chi connectivity index (χ4v) is 3.37. The molecular weight excluding hydrogens is 331 g/mol. The standard InChI is InChI=1S/C17H18ClFN4O/c1-20-16(24)14-5-6-15(23-22-14)21-10-17(7-2-8-17)12-4-3-11(19)9-13(12)18/h3-6,9H,2,7-8,10H2,1H3,(H,20,24)(H,21,23). The van der Waals surface area contributed by atoms with Gasteiger partial charge in [-0.15, -0.1) is 10.2 Å². The van der Waals surface area contributed by atoms with Gasteiger partial charge in [0, 0.05) is 24.0 Å². The second-order valence-corrected chi connectivity index (χ2v) is 6.40. The van der Waals surface area contributed by atoms with E-state index in [9.17, 15) is 9.18 Å². The van der Waals surface area contributed by atoms with Gasteiger partial charge in [-0.2, -0.15) is 0 Å².